The van der Waals surface area contributed by atoms with Crippen molar-refractivity contribution in [1.82, 2.24) is 16.0 Å². The molecular weight excluding hydrogens is 414 g/mol. The van der Waals surface area contributed by atoms with Gasteiger partial charge < -0.3 is 31.7 Å². The predicted molar refractivity (Wildman–Crippen MR) is 122 cm³/mol. The van der Waals surface area contributed by atoms with Crippen LogP contribution in [0.25, 0.3) is 0 Å². The molecule has 0 heterocycles. The Hall–Kier alpha value is -3.56. The van der Waals surface area contributed by atoms with Crippen molar-refractivity contribution in [2.45, 2.75) is 45.7 Å². The fourth-order valence-corrected chi connectivity index (χ4v) is 2.75. The summed E-state index contributed by atoms with van der Waals surface area (Å²) >= 11 is 0. The first-order valence-electron chi connectivity index (χ1n) is 10.4. The molecule has 0 aliphatic rings. The molecule has 0 aromatic heterocycles. The van der Waals surface area contributed by atoms with E-state index in [1.165, 1.54) is 6.08 Å². The maximum atomic E-state index is 12.9. The molecule has 0 bridgehead atoms. The Morgan fingerprint density at radius 1 is 1.09 bits per heavy atom. The van der Waals surface area contributed by atoms with Crippen molar-refractivity contribution in [3.05, 3.63) is 42.5 Å². The lowest BCUT2D eigenvalue weighted by Crippen LogP contribution is -2.54. The van der Waals surface area contributed by atoms with Gasteiger partial charge in [0.05, 0.1) is 0 Å². The molecule has 1 aromatic carbocycles. The first-order valence-corrected chi connectivity index (χ1v) is 10.4. The normalized spacial score (nSPS) is 12.2. The summed E-state index contributed by atoms with van der Waals surface area (Å²) in [5.74, 6) is -1.20. The highest BCUT2D eigenvalue weighted by Gasteiger charge is 2.29. The number of urea groups is 1. The first kappa shape index (κ1) is 26.5. The highest BCUT2D eigenvalue weighted by Crippen LogP contribution is 2.11. The molecule has 0 saturated carbocycles. The molecule has 5 amide bonds. The van der Waals surface area contributed by atoms with E-state index in [2.05, 4.69) is 27.8 Å². The molecule has 6 N–H and O–H groups in total. The summed E-state index contributed by atoms with van der Waals surface area (Å²) < 4.78 is 4.89. The molecule has 0 aliphatic heterocycles. The fraction of sp³-hybridized carbons (Fsp3) is 0.455. The molecular formula is C22H33N5O5. The third-order valence-electron chi connectivity index (χ3n) is 4.48. The van der Waals surface area contributed by atoms with Gasteiger partial charge in [-0.15, -0.1) is 0 Å². The molecule has 0 spiro atoms. The van der Waals surface area contributed by atoms with Crippen molar-refractivity contribution < 1.29 is 23.9 Å². The Balaban J connectivity index is 2.87. The van der Waals surface area contributed by atoms with Crippen LogP contribution >= 0.6 is 0 Å². The van der Waals surface area contributed by atoms with Crippen LogP contribution in [0.2, 0.25) is 0 Å². The van der Waals surface area contributed by atoms with E-state index in [-0.39, 0.29) is 25.5 Å². The predicted octanol–water partition coefficient (Wildman–Crippen LogP) is 1.80. The van der Waals surface area contributed by atoms with Gasteiger partial charge in [0.1, 0.15) is 18.7 Å². The highest BCUT2D eigenvalue weighted by molar-refractivity contribution is 5.98. The third-order valence-corrected chi connectivity index (χ3v) is 4.48. The van der Waals surface area contributed by atoms with E-state index in [9.17, 15) is 19.2 Å². The number of benzene rings is 1. The molecule has 0 radical (unpaired) electrons. The van der Waals surface area contributed by atoms with Gasteiger partial charge in [0.25, 0.3) is 0 Å². The van der Waals surface area contributed by atoms with Crippen molar-refractivity contribution in [2.24, 2.45) is 11.7 Å². The maximum absolute atomic E-state index is 12.9. The number of hydrogen-bond acceptors (Lipinski definition) is 5. The van der Waals surface area contributed by atoms with E-state index in [0.717, 1.165) is 5.56 Å². The molecule has 10 nitrogen and oxygen atoms in total. The van der Waals surface area contributed by atoms with Crippen LogP contribution in [0.15, 0.2) is 36.9 Å². The largest absolute Gasteiger partial charge is 0.445 e. The number of nitrogens with one attached hydrogen (secondary N) is 4. The summed E-state index contributed by atoms with van der Waals surface area (Å²) in [5.41, 5.74) is 6.69. The lowest BCUT2D eigenvalue weighted by atomic mass is 10.0. The Kier molecular flexibility index (Phi) is 11.3. The van der Waals surface area contributed by atoms with E-state index in [0.29, 0.717) is 12.1 Å². The number of alkyl carbamates (subject to hydrolysis) is 1. The van der Waals surface area contributed by atoms with Crippen molar-refractivity contribution in [1.29, 1.82) is 0 Å². The summed E-state index contributed by atoms with van der Waals surface area (Å²) in [6, 6.07) is 4.75. The maximum Gasteiger partial charge on any atom is 0.408 e. The number of primary amides is 1. The monoisotopic (exact) mass is 447 g/mol. The summed E-state index contributed by atoms with van der Waals surface area (Å²) in [4.78, 5) is 48.5. The van der Waals surface area contributed by atoms with Crippen LogP contribution < -0.4 is 27.0 Å². The average molecular weight is 448 g/mol. The lowest BCUT2D eigenvalue weighted by molar-refractivity contribution is -0.128. The van der Waals surface area contributed by atoms with E-state index >= 15 is 0 Å². The number of ether oxygens (including phenoxy) is 1. The minimum Gasteiger partial charge on any atom is -0.445 e. The summed E-state index contributed by atoms with van der Waals surface area (Å²) in [5, 5.41) is 10.4. The topological polar surface area (TPSA) is 152 Å². The molecule has 0 unspecified atom stereocenters. The number of carbonyl (C=O) groups excluding carboxylic acids is 4. The van der Waals surface area contributed by atoms with Crippen molar-refractivity contribution in [3.8, 4) is 0 Å². The van der Waals surface area contributed by atoms with Crippen molar-refractivity contribution in [3.63, 3.8) is 0 Å². The smallest absolute Gasteiger partial charge is 0.408 e. The summed E-state index contributed by atoms with van der Waals surface area (Å²) in [6.45, 7) is 9.17. The fourth-order valence-electron chi connectivity index (χ4n) is 2.75. The molecule has 1 aromatic rings. The van der Waals surface area contributed by atoms with Crippen LogP contribution in [0.5, 0.6) is 0 Å². The zero-order chi connectivity index (χ0) is 24.1. The Morgan fingerprint density at radius 3 is 2.31 bits per heavy atom. The van der Waals surface area contributed by atoms with Crippen LogP contribution in [-0.2, 0) is 14.3 Å². The minimum absolute atomic E-state index is 0.00666. The molecule has 32 heavy (non-hydrogen) atoms. The molecule has 0 fully saturated rings. The van der Waals surface area contributed by atoms with E-state index in [4.69, 9.17) is 10.5 Å². The second-order valence-electron chi connectivity index (χ2n) is 7.60. The number of carbonyl (C=O) groups is 4. The Bertz CT molecular complexity index is 794. The highest BCUT2D eigenvalue weighted by atomic mass is 16.5. The van der Waals surface area contributed by atoms with E-state index in [1.54, 1.807) is 26.0 Å². The number of hydrogen-bond donors (Lipinski definition) is 5. The van der Waals surface area contributed by atoms with Gasteiger partial charge in [-0.3, -0.25) is 9.59 Å². The van der Waals surface area contributed by atoms with E-state index in [1.807, 2.05) is 19.1 Å². The number of nitrogens with two attached hydrogens (primary N) is 1. The molecule has 2 atom stereocenters. The van der Waals surface area contributed by atoms with Gasteiger partial charge in [-0.2, -0.15) is 0 Å². The second-order valence-corrected chi connectivity index (χ2v) is 7.60. The Morgan fingerprint density at radius 2 is 1.75 bits per heavy atom. The molecule has 10 heteroatoms. The van der Waals surface area contributed by atoms with Gasteiger partial charge in [0, 0.05) is 12.2 Å². The number of rotatable bonds is 12. The standard InChI is InChI=1S/C22H33N5O5/c1-5-13-32-22(31)27-18(14(2)3)20(29)26-17(7-6-12-24-21(23)30)19(28)25-16-10-8-15(4)9-11-16/h5,8-11,14,17-18H,1,6-7,12-13H2,2-4H3,(H,25,28)(H,26,29)(H,27,31)(H3,23,24,30)/t17-,18-/m0/s1. The van der Waals surface area contributed by atoms with Gasteiger partial charge in [0.2, 0.25) is 11.8 Å². The number of amides is 5. The number of anilines is 1. The van der Waals surface area contributed by atoms with Crippen LogP contribution in [-0.4, -0.2) is 49.2 Å². The zero-order valence-corrected chi connectivity index (χ0v) is 18.8. The average Bonchev–Trinajstić information content (AvgIpc) is 2.73. The second kappa shape index (κ2) is 13.7. The molecule has 176 valence electrons. The van der Waals surface area contributed by atoms with Gasteiger partial charge in [0.15, 0.2) is 0 Å². The lowest BCUT2D eigenvalue weighted by Gasteiger charge is -2.25. The summed E-state index contributed by atoms with van der Waals surface area (Å²) in [7, 11) is 0. The Labute approximate surface area is 188 Å². The van der Waals surface area contributed by atoms with Crippen LogP contribution in [0.1, 0.15) is 32.3 Å². The van der Waals surface area contributed by atoms with Gasteiger partial charge in [-0.25, -0.2) is 9.59 Å². The van der Waals surface area contributed by atoms with Crippen molar-refractivity contribution in [2.75, 3.05) is 18.5 Å². The molecule has 0 saturated heterocycles. The zero-order valence-electron chi connectivity index (χ0n) is 18.8. The van der Waals surface area contributed by atoms with Crippen LogP contribution in [0, 0.1) is 12.8 Å². The SMILES string of the molecule is C=CCOC(=O)N[C@H](C(=O)N[C@@H](CCCNC(N)=O)C(=O)Nc1ccc(C)cc1)C(C)C. The van der Waals surface area contributed by atoms with E-state index < -0.39 is 36.0 Å². The van der Waals surface area contributed by atoms with Crippen LogP contribution in [0.3, 0.4) is 0 Å². The molecule has 0 aliphatic carbocycles. The summed E-state index contributed by atoms with van der Waals surface area (Å²) in [6.07, 6.45) is 1.30. The van der Waals surface area contributed by atoms with Gasteiger partial charge >= 0.3 is 12.1 Å². The number of aryl methyl sites for hydroxylation is 1. The molecule has 1 rings (SSSR count). The first-order chi connectivity index (χ1) is 15.1. The minimum atomic E-state index is -0.911. The van der Waals surface area contributed by atoms with Gasteiger partial charge in [-0.05, 0) is 37.8 Å². The quantitative estimate of drug-likeness (QED) is 0.244. The third kappa shape index (κ3) is 9.96. The van der Waals surface area contributed by atoms with Crippen LogP contribution in [0.4, 0.5) is 15.3 Å². The van der Waals surface area contributed by atoms with Gasteiger partial charge in [-0.1, -0.05) is 44.2 Å². The van der Waals surface area contributed by atoms with Crippen molar-refractivity contribution >= 4 is 29.6 Å².